The fourth-order valence-corrected chi connectivity index (χ4v) is 2.58. The summed E-state index contributed by atoms with van der Waals surface area (Å²) in [5.41, 5.74) is 0. The Hall–Kier alpha value is -0.840. The summed E-state index contributed by atoms with van der Waals surface area (Å²) in [7, 11) is 0. The van der Waals surface area contributed by atoms with Crippen LogP contribution in [0.4, 0.5) is 0 Å². The van der Waals surface area contributed by atoms with Crippen LogP contribution in [0.25, 0.3) is 0 Å². The van der Waals surface area contributed by atoms with Gasteiger partial charge in [-0.1, -0.05) is 51.9 Å². The van der Waals surface area contributed by atoms with Crippen molar-refractivity contribution in [2.24, 2.45) is 11.8 Å². The Balaban J connectivity index is 2.39. The van der Waals surface area contributed by atoms with Gasteiger partial charge in [0.05, 0.1) is 6.07 Å². The Bertz CT molecular complexity index is 246. The number of ketones is 1. The lowest BCUT2D eigenvalue weighted by Crippen LogP contribution is -2.16. The fraction of sp³-hybridized carbons (Fsp3) is 0.857. The molecule has 1 fully saturated rings. The second-order valence-electron chi connectivity index (χ2n) is 5.00. The van der Waals surface area contributed by atoms with Crippen molar-refractivity contribution in [2.45, 2.75) is 64.7 Å². The van der Waals surface area contributed by atoms with Crippen molar-refractivity contribution in [3.8, 4) is 6.07 Å². The highest BCUT2D eigenvalue weighted by molar-refractivity contribution is 5.83. The largest absolute Gasteiger partial charge is 0.298 e. The number of hydrogen-bond donors (Lipinski definition) is 0. The summed E-state index contributed by atoms with van der Waals surface area (Å²) >= 11 is 0. The molecule has 1 saturated carbocycles. The molecule has 1 rings (SSSR count). The van der Waals surface area contributed by atoms with E-state index in [1.807, 2.05) is 6.92 Å². The SMILES string of the molecule is CCCC(C#N)C(=O)CC1CCCCCC1. The van der Waals surface area contributed by atoms with Crippen LogP contribution in [0.3, 0.4) is 0 Å². The van der Waals surface area contributed by atoms with Crippen LogP contribution in [0.2, 0.25) is 0 Å². The summed E-state index contributed by atoms with van der Waals surface area (Å²) in [6, 6.07) is 2.16. The van der Waals surface area contributed by atoms with Gasteiger partial charge in [0.1, 0.15) is 11.7 Å². The van der Waals surface area contributed by atoms with Gasteiger partial charge in [-0.05, 0) is 12.3 Å². The van der Waals surface area contributed by atoms with Crippen molar-refractivity contribution >= 4 is 5.78 Å². The van der Waals surface area contributed by atoms with Crippen molar-refractivity contribution in [3.63, 3.8) is 0 Å². The van der Waals surface area contributed by atoms with E-state index in [2.05, 4.69) is 6.07 Å². The molecule has 1 aliphatic rings. The van der Waals surface area contributed by atoms with Crippen LogP contribution in [-0.2, 0) is 4.79 Å². The first kappa shape index (κ1) is 13.2. The molecule has 0 heterocycles. The summed E-state index contributed by atoms with van der Waals surface area (Å²) in [6.07, 6.45) is 9.87. The molecule has 90 valence electrons. The maximum absolute atomic E-state index is 11.9. The van der Waals surface area contributed by atoms with E-state index < -0.39 is 0 Å². The van der Waals surface area contributed by atoms with E-state index in [-0.39, 0.29) is 11.7 Å². The van der Waals surface area contributed by atoms with Gasteiger partial charge in [0, 0.05) is 6.42 Å². The molecule has 2 nitrogen and oxygen atoms in total. The standard InChI is InChI=1S/C14H23NO/c1-2-7-13(11-15)14(16)10-12-8-5-3-4-6-9-12/h12-13H,2-10H2,1H3. The Morgan fingerprint density at radius 1 is 1.31 bits per heavy atom. The summed E-state index contributed by atoms with van der Waals surface area (Å²) < 4.78 is 0. The minimum absolute atomic E-state index is 0.191. The lowest BCUT2D eigenvalue weighted by molar-refractivity contribution is -0.122. The van der Waals surface area contributed by atoms with Gasteiger partial charge < -0.3 is 0 Å². The molecular formula is C14H23NO. The summed E-state index contributed by atoms with van der Waals surface area (Å²) in [4.78, 5) is 11.9. The maximum Gasteiger partial charge on any atom is 0.150 e. The van der Waals surface area contributed by atoms with Crippen LogP contribution in [0, 0.1) is 23.2 Å². The van der Waals surface area contributed by atoms with Crippen LogP contribution in [0.5, 0.6) is 0 Å². The van der Waals surface area contributed by atoms with E-state index in [0.29, 0.717) is 12.3 Å². The molecule has 0 amide bonds. The first-order chi connectivity index (χ1) is 7.77. The normalized spacial score (nSPS) is 19.8. The first-order valence-electron chi connectivity index (χ1n) is 6.70. The summed E-state index contributed by atoms with van der Waals surface area (Å²) in [5.74, 6) is 0.409. The average Bonchev–Trinajstić information content (AvgIpc) is 2.54. The smallest absolute Gasteiger partial charge is 0.150 e. The van der Waals surface area contributed by atoms with Crippen molar-refractivity contribution in [1.82, 2.24) is 0 Å². The number of nitriles is 1. The van der Waals surface area contributed by atoms with Crippen molar-refractivity contribution in [1.29, 1.82) is 5.26 Å². The molecule has 0 radical (unpaired) electrons. The van der Waals surface area contributed by atoms with Gasteiger partial charge in [0.25, 0.3) is 0 Å². The first-order valence-corrected chi connectivity index (χ1v) is 6.70. The Morgan fingerprint density at radius 3 is 2.44 bits per heavy atom. The quantitative estimate of drug-likeness (QED) is 0.661. The molecule has 1 atom stereocenters. The lowest BCUT2D eigenvalue weighted by atomic mass is 9.88. The predicted octanol–water partition coefficient (Wildman–Crippen LogP) is 3.86. The molecule has 0 saturated heterocycles. The minimum atomic E-state index is -0.340. The van der Waals surface area contributed by atoms with Crippen LogP contribution in [0.1, 0.15) is 64.7 Å². The van der Waals surface area contributed by atoms with E-state index in [1.54, 1.807) is 0 Å². The molecule has 2 heteroatoms. The highest BCUT2D eigenvalue weighted by Crippen LogP contribution is 2.27. The zero-order valence-electron chi connectivity index (χ0n) is 10.4. The number of nitrogens with zero attached hydrogens (tertiary/aromatic N) is 1. The monoisotopic (exact) mass is 221 g/mol. The molecule has 0 aromatic carbocycles. The zero-order valence-corrected chi connectivity index (χ0v) is 10.4. The van der Waals surface area contributed by atoms with E-state index in [1.165, 1.54) is 38.5 Å². The number of carbonyl (C=O) groups is 1. The third kappa shape index (κ3) is 4.35. The highest BCUT2D eigenvalue weighted by atomic mass is 16.1. The van der Waals surface area contributed by atoms with Gasteiger partial charge in [-0.15, -0.1) is 0 Å². The molecule has 0 aromatic rings. The number of carbonyl (C=O) groups excluding carboxylic acids is 1. The lowest BCUT2D eigenvalue weighted by Gasteiger charge is -2.14. The molecule has 0 aliphatic heterocycles. The minimum Gasteiger partial charge on any atom is -0.298 e. The fourth-order valence-electron chi connectivity index (χ4n) is 2.58. The van der Waals surface area contributed by atoms with Crippen molar-refractivity contribution < 1.29 is 4.79 Å². The molecule has 0 aromatic heterocycles. The zero-order chi connectivity index (χ0) is 11.8. The molecule has 0 spiro atoms. The van der Waals surface area contributed by atoms with Gasteiger partial charge >= 0.3 is 0 Å². The topological polar surface area (TPSA) is 40.9 Å². The van der Waals surface area contributed by atoms with Gasteiger partial charge in [0.15, 0.2) is 0 Å². The van der Waals surface area contributed by atoms with Gasteiger partial charge in [-0.25, -0.2) is 0 Å². The molecule has 0 bridgehead atoms. The maximum atomic E-state index is 11.9. The Kier molecular flexibility index (Phi) is 6.15. The molecule has 1 unspecified atom stereocenters. The third-order valence-corrected chi connectivity index (χ3v) is 3.59. The summed E-state index contributed by atoms with van der Waals surface area (Å²) in [6.45, 7) is 2.03. The van der Waals surface area contributed by atoms with Crippen LogP contribution < -0.4 is 0 Å². The average molecular weight is 221 g/mol. The van der Waals surface area contributed by atoms with Crippen molar-refractivity contribution in [2.75, 3.05) is 0 Å². The van der Waals surface area contributed by atoms with Crippen LogP contribution in [-0.4, -0.2) is 5.78 Å². The molecular weight excluding hydrogens is 198 g/mol. The molecule has 0 N–H and O–H groups in total. The Morgan fingerprint density at radius 2 is 1.94 bits per heavy atom. The number of rotatable bonds is 5. The van der Waals surface area contributed by atoms with Gasteiger partial charge in [-0.3, -0.25) is 4.79 Å². The predicted molar refractivity (Wildman–Crippen MR) is 64.8 cm³/mol. The van der Waals surface area contributed by atoms with Crippen LogP contribution in [0.15, 0.2) is 0 Å². The second kappa shape index (κ2) is 7.44. The molecule has 16 heavy (non-hydrogen) atoms. The highest BCUT2D eigenvalue weighted by Gasteiger charge is 2.21. The Labute approximate surface area is 99.0 Å². The van der Waals surface area contributed by atoms with Crippen LogP contribution >= 0.6 is 0 Å². The van der Waals surface area contributed by atoms with Crippen molar-refractivity contribution in [3.05, 3.63) is 0 Å². The number of hydrogen-bond acceptors (Lipinski definition) is 2. The second-order valence-corrected chi connectivity index (χ2v) is 5.00. The van der Waals surface area contributed by atoms with Gasteiger partial charge in [0.2, 0.25) is 0 Å². The summed E-state index contributed by atoms with van der Waals surface area (Å²) in [5, 5.41) is 8.94. The number of Topliss-reactive ketones (excluding diaryl/α,β-unsaturated/α-hetero) is 1. The van der Waals surface area contributed by atoms with E-state index in [9.17, 15) is 4.79 Å². The van der Waals surface area contributed by atoms with E-state index >= 15 is 0 Å². The van der Waals surface area contributed by atoms with Gasteiger partial charge in [-0.2, -0.15) is 5.26 Å². The van der Waals surface area contributed by atoms with E-state index in [0.717, 1.165) is 12.8 Å². The molecule has 1 aliphatic carbocycles. The third-order valence-electron chi connectivity index (χ3n) is 3.59. The van der Waals surface area contributed by atoms with E-state index in [4.69, 9.17) is 5.26 Å².